The van der Waals surface area contributed by atoms with Crippen molar-refractivity contribution in [2.45, 2.75) is 11.9 Å². The molecule has 9 heteroatoms. The number of anilines is 1. The van der Waals surface area contributed by atoms with Crippen LogP contribution in [0.5, 0.6) is 0 Å². The lowest BCUT2D eigenvalue weighted by atomic mass is 10.1. The lowest BCUT2D eigenvalue weighted by Crippen LogP contribution is -2.15. The Kier molecular flexibility index (Phi) is 6.03. The molecule has 4 aromatic rings. The van der Waals surface area contributed by atoms with Crippen LogP contribution in [0.15, 0.2) is 70.3 Å². The molecule has 6 nitrogen and oxygen atoms in total. The lowest BCUT2D eigenvalue weighted by Gasteiger charge is -2.07. The van der Waals surface area contributed by atoms with Gasteiger partial charge in [-0.05, 0) is 31.2 Å². The van der Waals surface area contributed by atoms with Gasteiger partial charge in [0.2, 0.25) is 11.7 Å². The number of carbonyl (C=O) groups is 1. The first kappa shape index (κ1) is 20.7. The van der Waals surface area contributed by atoms with Crippen molar-refractivity contribution in [2.24, 2.45) is 0 Å². The van der Waals surface area contributed by atoms with Crippen LogP contribution in [0.25, 0.3) is 22.8 Å². The molecule has 4 rings (SSSR count). The third-order valence-corrected chi connectivity index (χ3v) is 5.29. The van der Waals surface area contributed by atoms with E-state index in [1.165, 1.54) is 6.07 Å². The predicted molar refractivity (Wildman–Crippen MR) is 113 cm³/mol. The van der Waals surface area contributed by atoms with E-state index in [1.807, 2.05) is 31.2 Å². The van der Waals surface area contributed by atoms with Crippen molar-refractivity contribution in [3.63, 3.8) is 0 Å². The topological polar surface area (TPSA) is 80.9 Å². The number of nitrogens with one attached hydrogen (secondary N) is 1. The summed E-state index contributed by atoms with van der Waals surface area (Å²) in [7, 11) is 0. The lowest BCUT2D eigenvalue weighted by molar-refractivity contribution is -0.113. The molecule has 156 valence electrons. The molecule has 0 unspecified atom stereocenters. The minimum Gasteiger partial charge on any atom is -0.334 e. The maximum absolute atomic E-state index is 13.7. The number of thioether (sulfide) groups is 1. The third-order valence-electron chi connectivity index (χ3n) is 4.28. The van der Waals surface area contributed by atoms with Gasteiger partial charge in [-0.3, -0.25) is 4.79 Å². The molecule has 0 saturated carbocycles. The van der Waals surface area contributed by atoms with Crippen LogP contribution in [0, 0.1) is 18.6 Å². The first-order valence-electron chi connectivity index (χ1n) is 9.23. The number of nitrogens with zero attached hydrogens (tertiary/aromatic N) is 3. The van der Waals surface area contributed by atoms with Crippen LogP contribution in [0.3, 0.4) is 0 Å². The van der Waals surface area contributed by atoms with Crippen LogP contribution >= 0.6 is 11.8 Å². The number of hydrogen-bond acceptors (Lipinski definition) is 6. The molecule has 1 N–H and O–H groups in total. The maximum atomic E-state index is 13.7. The number of carbonyl (C=O) groups excluding carboxylic acids is 1. The van der Waals surface area contributed by atoms with Crippen LogP contribution in [0.2, 0.25) is 0 Å². The van der Waals surface area contributed by atoms with E-state index in [9.17, 15) is 13.6 Å². The van der Waals surface area contributed by atoms with Gasteiger partial charge in [0.05, 0.1) is 17.0 Å². The van der Waals surface area contributed by atoms with Gasteiger partial charge in [-0.25, -0.2) is 13.8 Å². The number of pyridine rings is 1. The second-order valence-electron chi connectivity index (χ2n) is 6.61. The van der Waals surface area contributed by atoms with E-state index in [1.54, 1.807) is 18.3 Å². The zero-order valence-electron chi connectivity index (χ0n) is 16.3. The van der Waals surface area contributed by atoms with E-state index in [0.717, 1.165) is 29.0 Å². The summed E-state index contributed by atoms with van der Waals surface area (Å²) in [6, 6.07) is 14.2. The molecular formula is C22H16F2N4O2S. The Morgan fingerprint density at radius 2 is 1.94 bits per heavy atom. The van der Waals surface area contributed by atoms with Gasteiger partial charge >= 0.3 is 0 Å². The van der Waals surface area contributed by atoms with Gasteiger partial charge in [-0.15, -0.1) is 0 Å². The SMILES string of the molecule is Cc1ccc(-c2noc(-c3cccnc3SCC(=O)Nc3ccc(F)cc3F)n2)cc1. The summed E-state index contributed by atoms with van der Waals surface area (Å²) in [5.74, 6) is -1.34. The van der Waals surface area contributed by atoms with Gasteiger partial charge in [0, 0.05) is 17.8 Å². The standard InChI is InChI=1S/C22H16F2N4O2S/c1-13-4-6-14(7-5-13)20-27-21(30-28-20)16-3-2-10-25-22(16)31-12-19(29)26-18-9-8-15(23)11-17(18)24/h2-11H,12H2,1H3,(H,26,29). The Bertz CT molecular complexity index is 1230. The molecule has 0 bridgehead atoms. The molecule has 0 saturated heterocycles. The average molecular weight is 438 g/mol. The normalized spacial score (nSPS) is 10.8. The summed E-state index contributed by atoms with van der Waals surface area (Å²) >= 11 is 1.14. The fraction of sp³-hybridized carbons (Fsp3) is 0.0909. The predicted octanol–water partition coefficient (Wildman–Crippen LogP) is 5.12. The van der Waals surface area contributed by atoms with Gasteiger partial charge < -0.3 is 9.84 Å². The van der Waals surface area contributed by atoms with Gasteiger partial charge in [-0.1, -0.05) is 46.7 Å². The third kappa shape index (κ3) is 4.95. The van der Waals surface area contributed by atoms with Crippen molar-refractivity contribution >= 4 is 23.4 Å². The van der Waals surface area contributed by atoms with Crippen LogP contribution in [0.1, 0.15) is 5.56 Å². The molecule has 2 aromatic heterocycles. The monoisotopic (exact) mass is 438 g/mol. The zero-order valence-corrected chi connectivity index (χ0v) is 17.1. The molecule has 0 fully saturated rings. The van der Waals surface area contributed by atoms with E-state index >= 15 is 0 Å². The van der Waals surface area contributed by atoms with Gasteiger partial charge in [0.15, 0.2) is 0 Å². The summed E-state index contributed by atoms with van der Waals surface area (Å²) in [6.45, 7) is 1.99. The van der Waals surface area contributed by atoms with E-state index < -0.39 is 17.5 Å². The zero-order chi connectivity index (χ0) is 21.8. The Balaban J connectivity index is 1.48. The van der Waals surface area contributed by atoms with E-state index in [4.69, 9.17) is 4.52 Å². The Morgan fingerprint density at radius 3 is 2.71 bits per heavy atom. The maximum Gasteiger partial charge on any atom is 0.260 e. The summed E-state index contributed by atoms with van der Waals surface area (Å²) < 4.78 is 32.1. The second kappa shape index (κ2) is 9.05. The summed E-state index contributed by atoms with van der Waals surface area (Å²) in [5, 5.41) is 6.95. The molecular weight excluding hydrogens is 422 g/mol. The number of aromatic nitrogens is 3. The van der Waals surface area contributed by atoms with Crippen LogP contribution in [0.4, 0.5) is 14.5 Å². The first-order valence-corrected chi connectivity index (χ1v) is 10.2. The Hall–Kier alpha value is -3.59. The quantitative estimate of drug-likeness (QED) is 0.421. The number of benzene rings is 2. The fourth-order valence-electron chi connectivity index (χ4n) is 2.73. The minimum absolute atomic E-state index is 0.0419. The van der Waals surface area contributed by atoms with Crippen LogP contribution < -0.4 is 5.32 Å². The highest BCUT2D eigenvalue weighted by Gasteiger charge is 2.17. The van der Waals surface area contributed by atoms with Crippen molar-refractivity contribution in [3.8, 4) is 22.8 Å². The number of rotatable bonds is 6. The molecule has 0 aliphatic heterocycles. The highest BCUT2D eigenvalue weighted by molar-refractivity contribution is 8.00. The second-order valence-corrected chi connectivity index (χ2v) is 7.57. The van der Waals surface area contributed by atoms with Crippen LogP contribution in [-0.2, 0) is 4.79 Å². The Morgan fingerprint density at radius 1 is 1.13 bits per heavy atom. The summed E-state index contributed by atoms with van der Waals surface area (Å²) in [4.78, 5) is 20.9. The Labute approximate surface area is 180 Å². The number of amides is 1. The van der Waals surface area contributed by atoms with E-state index in [0.29, 0.717) is 22.5 Å². The molecule has 2 aromatic carbocycles. The fourth-order valence-corrected chi connectivity index (χ4v) is 3.52. The molecule has 1 amide bonds. The molecule has 31 heavy (non-hydrogen) atoms. The molecule has 0 atom stereocenters. The van der Waals surface area contributed by atoms with Crippen molar-refractivity contribution in [1.29, 1.82) is 0 Å². The largest absolute Gasteiger partial charge is 0.334 e. The van der Waals surface area contributed by atoms with Gasteiger partial charge in [-0.2, -0.15) is 4.98 Å². The number of halogens is 2. The number of hydrogen-bond donors (Lipinski definition) is 1. The minimum atomic E-state index is -0.841. The van der Waals surface area contributed by atoms with Crippen LogP contribution in [-0.4, -0.2) is 26.8 Å². The molecule has 0 spiro atoms. The highest BCUT2D eigenvalue weighted by Crippen LogP contribution is 2.30. The number of aryl methyl sites for hydroxylation is 1. The molecule has 0 radical (unpaired) electrons. The van der Waals surface area contributed by atoms with Crippen molar-refractivity contribution in [3.05, 3.63) is 78.0 Å². The highest BCUT2D eigenvalue weighted by atomic mass is 32.2. The summed E-state index contributed by atoms with van der Waals surface area (Å²) in [5.41, 5.74) is 2.43. The van der Waals surface area contributed by atoms with Gasteiger partial charge in [0.25, 0.3) is 5.89 Å². The molecule has 0 aliphatic rings. The van der Waals surface area contributed by atoms with Crippen molar-refractivity contribution < 1.29 is 18.1 Å². The van der Waals surface area contributed by atoms with Gasteiger partial charge in [0.1, 0.15) is 16.7 Å². The molecule has 2 heterocycles. The molecule has 0 aliphatic carbocycles. The average Bonchev–Trinajstić information content (AvgIpc) is 3.25. The first-order chi connectivity index (χ1) is 15.0. The smallest absolute Gasteiger partial charge is 0.260 e. The summed E-state index contributed by atoms with van der Waals surface area (Å²) in [6.07, 6.45) is 1.58. The van der Waals surface area contributed by atoms with Crippen molar-refractivity contribution in [2.75, 3.05) is 11.1 Å². The van der Waals surface area contributed by atoms with E-state index in [-0.39, 0.29) is 17.3 Å². The van der Waals surface area contributed by atoms with Crippen molar-refractivity contribution in [1.82, 2.24) is 15.1 Å². The van der Waals surface area contributed by atoms with E-state index in [2.05, 4.69) is 20.4 Å².